The Kier molecular flexibility index (Phi) is 3.49. The van der Waals surface area contributed by atoms with E-state index < -0.39 is 6.10 Å². The number of aliphatic hydroxyl groups excluding tert-OH is 1. The number of nitrogens with zero attached hydrogens (tertiary/aromatic N) is 1. The van der Waals surface area contributed by atoms with Crippen molar-refractivity contribution < 1.29 is 9.50 Å². The summed E-state index contributed by atoms with van der Waals surface area (Å²) >= 11 is 0. The molecule has 0 saturated carbocycles. The zero-order valence-electron chi connectivity index (χ0n) is 9.60. The van der Waals surface area contributed by atoms with E-state index in [4.69, 9.17) is 0 Å². The van der Waals surface area contributed by atoms with Crippen LogP contribution in [0.4, 0.5) is 4.39 Å². The Labute approximate surface area is 99.8 Å². The fourth-order valence-corrected chi connectivity index (χ4v) is 1.65. The van der Waals surface area contributed by atoms with E-state index in [1.807, 2.05) is 19.1 Å². The molecule has 1 aromatic carbocycles. The lowest BCUT2D eigenvalue weighted by molar-refractivity contribution is 0.177. The second-order valence-electron chi connectivity index (χ2n) is 4.10. The molecule has 1 heterocycles. The summed E-state index contributed by atoms with van der Waals surface area (Å²) in [5, 5.41) is 9.96. The predicted molar refractivity (Wildman–Crippen MR) is 64.0 cm³/mol. The summed E-state index contributed by atoms with van der Waals surface area (Å²) in [6, 6.07) is 9.83. The van der Waals surface area contributed by atoms with Gasteiger partial charge in [0.15, 0.2) is 0 Å². The first-order valence-corrected chi connectivity index (χ1v) is 5.50. The lowest BCUT2D eigenvalue weighted by Gasteiger charge is -2.10. The van der Waals surface area contributed by atoms with E-state index in [2.05, 4.69) is 4.98 Å². The summed E-state index contributed by atoms with van der Waals surface area (Å²) in [5.41, 5.74) is 2.45. The van der Waals surface area contributed by atoms with Crippen LogP contribution in [0.2, 0.25) is 0 Å². The van der Waals surface area contributed by atoms with Crippen LogP contribution in [0, 0.1) is 12.7 Å². The number of halogens is 1. The first-order valence-electron chi connectivity index (χ1n) is 5.50. The van der Waals surface area contributed by atoms with Crippen LogP contribution in [0.1, 0.15) is 22.9 Å². The smallest absolute Gasteiger partial charge is 0.123 e. The van der Waals surface area contributed by atoms with E-state index in [0.29, 0.717) is 12.0 Å². The summed E-state index contributed by atoms with van der Waals surface area (Å²) in [7, 11) is 0. The first-order chi connectivity index (χ1) is 8.15. The molecule has 3 heteroatoms. The normalized spacial score (nSPS) is 12.4. The quantitative estimate of drug-likeness (QED) is 0.881. The molecule has 88 valence electrons. The van der Waals surface area contributed by atoms with Crippen molar-refractivity contribution in [3.05, 3.63) is 65.2 Å². The summed E-state index contributed by atoms with van der Waals surface area (Å²) in [5.74, 6) is -0.335. The summed E-state index contributed by atoms with van der Waals surface area (Å²) in [6.07, 6.45) is 1.43. The number of pyridine rings is 1. The Morgan fingerprint density at radius 3 is 2.76 bits per heavy atom. The van der Waals surface area contributed by atoms with E-state index in [-0.39, 0.29) is 5.82 Å². The highest BCUT2D eigenvalue weighted by Gasteiger charge is 2.09. The zero-order valence-corrected chi connectivity index (χ0v) is 9.60. The standard InChI is InChI=1S/C14H14FNO/c1-10-5-6-13(16-9-10)8-14(17)11-3-2-4-12(15)7-11/h2-7,9,14,17H,8H2,1H3. The number of aromatic nitrogens is 1. The Balaban J connectivity index is 2.11. The Bertz CT molecular complexity index is 496. The number of aryl methyl sites for hydroxylation is 1. The molecule has 0 saturated heterocycles. The van der Waals surface area contributed by atoms with Gasteiger partial charge in [0, 0.05) is 18.3 Å². The van der Waals surface area contributed by atoms with E-state index in [1.165, 1.54) is 12.1 Å². The average molecular weight is 231 g/mol. The highest BCUT2D eigenvalue weighted by atomic mass is 19.1. The molecule has 0 bridgehead atoms. The molecule has 2 rings (SSSR count). The summed E-state index contributed by atoms with van der Waals surface area (Å²) < 4.78 is 13.0. The summed E-state index contributed by atoms with van der Waals surface area (Å²) in [4.78, 5) is 4.21. The molecule has 1 atom stereocenters. The number of rotatable bonds is 3. The van der Waals surface area contributed by atoms with Gasteiger partial charge in [-0.1, -0.05) is 18.2 Å². The highest BCUT2D eigenvalue weighted by Crippen LogP contribution is 2.18. The third-order valence-electron chi connectivity index (χ3n) is 2.61. The van der Waals surface area contributed by atoms with Crippen molar-refractivity contribution in [2.75, 3.05) is 0 Å². The first kappa shape index (κ1) is 11.7. The molecule has 1 N–H and O–H groups in total. The van der Waals surface area contributed by atoms with Crippen molar-refractivity contribution in [1.82, 2.24) is 4.98 Å². The summed E-state index contributed by atoms with van der Waals surface area (Å²) in [6.45, 7) is 1.96. The van der Waals surface area contributed by atoms with Crippen LogP contribution >= 0.6 is 0 Å². The van der Waals surface area contributed by atoms with Crippen molar-refractivity contribution in [2.45, 2.75) is 19.4 Å². The van der Waals surface area contributed by atoms with Crippen LogP contribution in [-0.4, -0.2) is 10.1 Å². The van der Waals surface area contributed by atoms with Gasteiger partial charge in [0.1, 0.15) is 5.82 Å². The van der Waals surface area contributed by atoms with Crippen LogP contribution in [0.25, 0.3) is 0 Å². The van der Waals surface area contributed by atoms with Crippen LogP contribution in [0.5, 0.6) is 0 Å². The van der Waals surface area contributed by atoms with Crippen LogP contribution < -0.4 is 0 Å². The van der Waals surface area contributed by atoms with Gasteiger partial charge in [-0.2, -0.15) is 0 Å². The van der Waals surface area contributed by atoms with Gasteiger partial charge in [0.2, 0.25) is 0 Å². The van der Waals surface area contributed by atoms with E-state index in [0.717, 1.165) is 11.3 Å². The molecule has 2 nitrogen and oxygen atoms in total. The van der Waals surface area contributed by atoms with Crippen molar-refractivity contribution in [3.8, 4) is 0 Å². The van der Waals surface area contributed by atoms with E-state index in [1.54, 1.807) is 18.3 Å². The maximum absolute atomic E-state index is 13.0. The molecule has 0 aliphatic heterocycles. The maximum Gasteiger partial charge on any atom is 0.123 e. The molecule has 0 fully saturated rings. The number of hydrogen-bond donors (Lipinski definition) is 1. The van der Waals surface area contributed by atoms with E-state index >= 15 is 0 Å². The minimum absolute atomic E-state index is 0.335. The Morgan fingerprint density at radius 1 is 1.29 bits per heavy atom. The molecular weight excluding hydrogens is 217 g/mol. The third-order valence-corrected chi connectivity index (χ3v) is 2.61. The fourth-order valence-electron chi connectivity index (χ4n) is 1.65. The van der Waals surface area contributed by atoms with Gasteiger partial charge < -0.3 is 5.11 Å². The monoisotopic (exact) mass is 231 g/mol. The molecule has 0 radical (unpaired) electrons. The predicted octanol–water partition coefficient (Wildman–Crippen LogP) is 2.81. The number of benzene rings is 1. The van der Waals surface area contributed by atoms with Crippen LogP contribution in [0.15, 0.2) is 42.6 Å². The van der Waals surface area contributed by atoms with Crippen molar-refractivity contribution >= 4 is 0 Å². The Morgan fingerprint density at radius 2 is 2.12 bits per heavy atom. The molecule has 1 unspecified atom stereocenters. The highest BCUT2D eigenvalue weighted by molar-refractivity contribution is 5.21. The van der Waals surface area contributed by atoms with Crippen molar-refractivity contribution in [3.63, 3.8) is 0 Å². The zero-order chi connectivity index (χ0) is 12.3. The van der Waals surface area contributed by atoms with Gasteiger partial charge in [-0.05, 0) is 36.2 Å². The van der Waals surface area contributed by atoms with Gasteiger partial charge in [0.25, 0.3) is 0 Å². The van der Waals surface area contributed by atoms with Gasteiger partial charge in [-0.3, -0.25) is 4.98 Å². The molecule has 0 spiro atoms. The van der Waals surface area contributed by atoms with Crippen LogP contribution in [-0.2, 0) is 6.42 Å². The van der Waals surface area contributed by atoms with Gasteiger partial charge >= 0.3 is 0 Å². The minimum Gasteiger partial charge on any atom is -0.388 e. The molecule has 0 aliphatic rings. The number of hydrogen-bond acceptors (Lipinski definition) is 2. The average Bonchev–Trinajstić information content (AvgIpc) is 2.32. The topological polar surface area (TPSA) is 33.1 Å². The largest absolute Gasteiger partial charge is 0.388 e. The third kappa shape index (κ3) is 3.11. The van der Waals surface area contributed by atoms with Gasteiger partial charge in [-0.15, -0.1) is 0 Å². The van der Waals surface area contributed by atoms with Crippen molar-refractivity contribution in [1.29, 1.82) is 0 Å². The minimum atomic E-state index is -0.721. The molecular formula is C14H14FNO. The molecule has 17 heavy (non-hydrogen) atoms. The molecule has 2 aromatic rings. The molecule has 0 amide bonds. The Hall–Kier alpha value is -1.74. The second-order valence-corrected chi connectivity index (χ2v) is 4.10. The van der Waals surface area contributed by atoms with E-state index in [9.17, 15) is 9.50 Å². The van der Waals surface area contributed by atoms with Gasteiger partial charge in [0.05, 0.1) is 6.10 Å². The second kappa shape index (κ2) is 5.06. The number of aliphatic hydroxyl groups is 1. The SMILES string of the molecule is Cc1ccc(CC(O)c2cccc(F)c2)nc1. The fraction of sp³-hybridized carbons (Fsp3) is 0.214. The lowest BCUT2D eigenvalue weighted by atomic mass is 10.0. The maximum atomic E-state index is 13.0. The molecule has 0 aliphatic carbocycles. The van der Waals surface area contributed by atoms with Crippen LogP contribution in [0.3, 0.4) is 0 Å². The lowest BCUT2D eigenvalue weighted by Crippen LogP contribution is -2.03. The van der Waals surface area contributed by atoms with Gasteiger partial charge in [-0.25, -0.2) is 4.39 Å². The molecule has 1 aromatic heterocycles. The van der Waals surface area contributed by atoms with Crippen molar-refractivity contribution in [2.24, 2.45) is 0 Å².